The summed E-state index contributed by atoms with van der Waals surface area (Å²) in [5.41, 5.74) is 4.59. The Hall–Kier alpha value is -2.68. The van der Waals surface area contributed by atoms with Crippen molar-refractivity contribution in [3.05, 3.63) is 77.9 Å². The van der Waals surface area contributed by atoms with Crippen molar-refractivity contribution in [1.82, 2.24) is 0 Å². The monoisotopic (exact) mass is 316 g/mol. The van der Waals surface area contributed by atoms with Gasteiger partial charge in [-0.2, -0.15) is 0 Å². The van der Waals surface area contributed by atoms with Crippen molar-refractivity contribution in [2.45, 2.75) is 18.9 Å². The number of aliphatic imine (C=N–C) groups is 2. The molecule has 0 unspecified atom stereocenters. The van der Waals surface area contributed by atoms with Crippen LogP contribution in [0.2, 0.25) is 0 Å². The van der Waals surface area contributed by atoms with E-state index in [0.717, 1.165) is 34.8 Å². The fraction of sp³-hybridized carbons (Fsp3) is 0.238. The summed E-state index contributed by atoms with van der Waals surface area (Å²) in [6, 6.07) is 16.6. The lowest BCUT2D eigenvalue weighted by atomic mass is 9.78. The molecule has 4 rings (SSSR count). The average molecular weight is 316 g/mol. The Labute approximate surface area is 142 Å². The highest BCUT2D eigenvalue weighted by atomic mass is 16.5. The molecule has 0 spiro atoms. The summed E-state index contributed by atoms with van der Waals surface area (Å²) in [7, 11) is 0. The molecule has 0 saturated carbocycles. The second-order valence-corrected chi connectivity index (χ2v) is 6.24. The summed E-state index contributed by atoms with van der Waals surface area (Å²) >= 11 is 0. The van der Waals surface area contributed by atoms with Gasteiger partial charge in [-0.1, -0.05) is 48.0 Å². The van der Waals surface area contributed by atoms with Crippen molar-refractivity contribution >= 4 is 11.4 Å². The number of fused-ring (bicyclic) bond motifs is 3. The van der Waals surface area contributed by atoms with E-state index in [1.54, 1.807) is 0 Å². The molecule has 24 heavy (non-hydrogen) atoms. The van der Waals surface area contributed by atoms with Crippen LogP contribution in [0.25, 0.3) is 0 Å². The summed E-state index contributed by atoms with van der Waals surface area (Å²) in [5, 5.41) is 0. The maximum atomic E-state index is 6.57. The van der Waals surface area contributed by atoms with E-state index < -0.39 is 5.60 Å². The van der Waals surface area contributed by atoms with Gasteiger partial charge in [-0.05, 0) is 19.1 Å². The van der Waals surface area contributed by atoms with E-state index in [0.29, 0.717) is 13.0 Å². The molecule has 0 fully saturated rings. The van der Waals surface area contributed by atoms with Crippen LogP contribution in [0.4, 0.5) is 0 Å². The predicted octanol–water partition coefficient (Wildman–Crippen LogP) is 4.10. The van der Waals surface area contributed by atoms with Gasteiger partial charge in [0.1, 0.15) is 11.5 Å². The van der Waals surface area contributed by atoms with Crippen molar-refractivity contribution in [2.24, 2.45) is 9.98 Å². The topological polar surface area (TPSA) is 34.0 Å². The fourth-order valence-electron chi connectivity index (χ4n) is 3.47. The molecule has 2 aromatic rings. The highest BCUT2D eigenvalue weighted by Crippen LogP contribution is 2.41. The standard InChI is InChI=1S/C21H20N2O/c1-3-12-21(16-10-8-15(2)9-11-16)20-19(22-13-14-23-20)17-6-4-5-7-18(17)24-21/h3-11H,1,12-14H2,2H3/t21-/m0/s1. The number of rotatable bonds is 3. The smallest absolute Gasteiger partial charge is 0.181 e. The lowest BCUT2D eigenvalue weighted by Crippen LogP contribution is -2.50. The molecule has 2 aliphatic rings. The van der Waals surface area contributed by atoms with Crippen molar-refractivity contribution in [3.8, 4) is 5.75 Å². The lowest BCUT2D eigenvalue weighted by Gasteiger charge is -2.41. The molecule has 0 radical (unpaired) electrons. The van der Waals surface area contributed by atoms with Crippen molar-refractivity contribution < 1.29 is 4.74 Å². The minimum Gasteiger partial charge on any atom is -0.475 e. The van der Waals surface area contributed by atoms with E-state index in [2.05, 4.69) is 43.8 Å². The molecule has 120 valence electrons. The van der Waals surface area contributed by atoms with Crippen LogP contribution in [0, 0.1) is 6.92 Å². The molecule has 0 N–H and O–H groups in total. The van der Waals surface area contributed by atoms with Gasteiger partial charge in [0.05, 0.1) is 18.8 Å². The van der Waals surface area contributed by atoms with Gasteiger partial charge in [-0.15, -0.1) is 6.58 Å². The average Bonchev–Trinajstić information content (AvgIpc) is 2.63. The molecule has 1 atom stereocenters. The Kier molecular flexibility index (Phi) is 3.57. The summed E-state index contributed by atoms with van der Waals surface area (Å²) in [4.78, 5) is 9.62. The first-order valence-electron chi connectivity index (χ1n) is 8.31. The number of para-hydroxylation sites is 1. The van der Waals surface area contributed by atoms with Gasteiger partial charge in [0.2, 0.25) is 0 Å². The van der Waals surface area contributed by atoms with Crippen LogP contribution in [0.5, 0.6) is 5.75 Å². The number of ether oxygens (including phenoxy) is 1. The van der Waals surface area contributed by atoms with Gasteiger partial charge in [-0.25, -0.2) is 0 Å². The Morgan fingerprint density at radius 2 is 1.83 bits per heavy atom. The first-order valence-corrected chi connectivity index (χ1v) is 8.31. The fourth-order valence-corrected chi connectivity index (χ4v) is 3.47. The quantitative estimate of drug-likeness (QED) is 0.785. The normalized spacial score (nSPS) is 21.7. The number of benzene rings is 2. The van der Waals surface area contributed by atoms with Crippen LogP contribution in [-0.4, -0.2) is 24.5 Å². The molecular formula is C21H20N2O. The van der Waals surface area contributed by atoms with Crippen LogP contribution in [0.15, 0.2) is 71.2 Å². The van der Waals surface area contributed by atoms with Crippen molar-refractivity contribution in [2.75, 3.05) is 13.1 Å². The second-order valence-electron chi connectivity index (χ2n) is 6.24. The maximum absolute atomic E-state index is 6.57. The van der Waals surface area contributed by atoms with E-state index in [-0.39, 0.29) is 0 Å². The minimum absolute atomic E-state index is 0.650. The molecule has 0 amide bonds. The van der Waals surface area contributed by atoms with E-state index in [4.69, 9.17) is 14.7 Å². The van der Waals surface area contributed by atoms with Gasteiger partial charge in [-0.3, -0.25) is 9.98 Å². The number of hydrogen-bond donors (Lipinski definition) is 0. The van der Waals surface area contributed by atoms with E-state index >= 15 is 0 Å². The third-order valence-electron chi connectivity index (χ3n) is 4.62. The van der Waals surface area contributed by atoms with Gasteiger partial charge >= 0.3 is 0 Å². The number of hydrogen-bond acceptors (Lipinski definition) is 3. The van der Waals surface area contributed by atoms with E-state index in [9.17, 15) is 0 Å². The Morgan fingerprint density at radius 3 is 2.62 bits per heavy atom. The Bertz CT molecular complexity index is 848. The van der Waals surface area contributed by atoms with Gasteiger partial charge in [0.15, 0.2) is 5.60 Å². The molecule has 2 aliphatic heterocycles. The molecule has 0 aliphatic carbocycles. The molecule has 0 bridgehead atoms. The molecular weight excluding hydrogens is 296 g/mol. The minimum atomic E-state index is -0.650. The molecule has 2 heterocycles. The summed E-state index contributed by atoms with van der Waals surface area (Å²) < 4.78 is 6.57. The van der Waals surface area contributed by atoms with Crippen molar-refractivity contribution in [1.29, 1.82) is 0 Å². The van der Waals surface area contributed by atoms with E-state index in [1.165, 1.54) is 5.56 Å². The molecule has 0 aromatic heterocycles. The zero-order chi connectivity index (χ0) is 16.6. The summed E-state index contributed by atoms with van der Waals surface area (Å²) in [6.45, 7) is 7.48. The molecule has 3 nitrogen and oxygen atoms in total. The molecule has 3 heteroatoms. The van der Waals surface area contributed by atoms with Crippen LogP contribution in [-0.2, 0) is 5.60 Å². The zero-order valence-corrected chi connectivity index (χ0v) is 13.8. The van der Waals surface area contributed by atoms with Crippen LogP contribution in [0.1, 0.15) is 23.1 Å². The third kappa shape index (κ3) is 2.20. The Balaban J connectivity index is 1.96. The lowest BCUT2D eigenvalue weighted by molar-refractivity contribution is 0.142. The molecule has 0 saturated heterocycles. The van der Waals surface area contributed by atoms with Gasteiger partial charge in [0, 0.05) is 17.5 Å². The highest BCUT2D eigenvalue weighted by Gasteiger charge is 2.46. The zero-order valence-electron chi connectivity index (χ0n) is 13.8. The van der Waals surface area contributed by atoms with E-state index in [1.807, 2.05) is 24.3 Å². The van der Waals surface area contributed by atoms with Gasteiger partial charge < -0.3 is 4.74 Å². The third-order valence-corrected chi connectivity index (χ3v) is 4.62. The first-order chi connectivity index (χ1) is 11.7. The SMILES string of the molecule is C=CC[C@@]1(c2ccc(C)cc2)Oc2ccccc2C2=NCCN=C21. The number of aryl methyl sites for hydroxylation is 1. The maximum Gasteiger partial charge on any atom is 0.181 e. The Morgan fingerprint density at radius 1 is 1.08 bits per heavy atom. The second kappa shape index (κ2) is 5.75. The largest absolute Gasteiger partial charge is 0.475 e. The van der Waals surface area contributed by atoms with Crippen LogP contribution in [0.3, 0.4) is 0 Å². The van der Waals surface area contributed by atoms with Crippen LogP contribution >= 0.6 is 0 Å². The number of nitrogens with zero attached hydrogens (tertiary/aromatic N) is 2. The van der Waals surface area contributed by atoms with Crippen LogP contribution < -0.4 is 4.74 Å². The summed E-state index contributed by atoms with van der Waals surface area (Å²) in [6.07, 6.45) is 2.56. The summed E-state index contributed by atoms with van der Waals surface area (Å²) in [5.74, 6) is 0.861. The molecule has 2 aromatic carbocycles. The highest BCUT2D eigenvalue weighted by molar-refractivity contribution is 6.52. The predicted molar refractivity (Wildman–Crippen MR) is 98.4 cm³/mol. The van der Waals surface area contributed by atoms with Gasteiger partial charge in [0.25, 0.3) is 0 Å². The van der Waals surface area contributed by atoms with Crippen molar-refractivity contribution in [3.63, 3.8) is 0 Å². The first kappa shape index (κ1) is 14.9.